The number of carbonyl (C=O) groups excluding carboxylic acids is 2. The van der Waals surface area contributed by atoms with Crippen molar-refractivity contribution in [2.75, 3.05) is 19.4 Å². The molecule has 2 aromatic rings. The first-order chi connectivity index (χ1) is 12.3. The predicted molar refractivity (Wildman–Crippen MR) is 107 cm³/mol. The van der Waals surface area contributed by atoms with Crippen molar-refractivity contribution in [3.05, 3.63) is 63.6 Å². The maximum absolute atomic E-state index is 12.1. The predicted octanol–water partition coefficient (Wildman–Crippen LogP) is 4.59. The van der Waals surface area contributed by atoms with Crippen LogP contribution < -0.4 is 5.32 Å². The number of rotatable bonds is 7. The van der Waals surface area contributed by atoms with Crippen molar-refractivity contribution in [3.63, 3.8) is 0 Å². The van der Waals surface area contributed by atoms with E-state index in [0.717, 1.165) is 29.7 Å². The van der Waals surface area contributed by atoms with E-state index < -0.39 is 0 Å². The number of likely N-dealkylation sites (N-methyl/N-ethyl adjacent to an activating group) is 1. The second kappa shape index (κ2) is 9.60. The van der Waals surface area contributed by atoms with Gasteiger partial charge in [0.15, 0.2) is 0 Å². The lowest BCUT2D eigenvalue weighted by Crippen LogP contribution is -2.23. The highest BCUT2D eigenvalue weighted by molar-refractivity contribution is 6.42. The van der Waals surface area contributed by atoms with Crippen molar-refractivity contribution in [1.29, 1.82) is 0 Å². The van der Waals surface area contributed by atoms with Crippen LogP contribution in [0, 0.1) is 0 Å². The molecule has 0 unspecified atom stereocenters. The summed E-state index contributed by atoms with van der Waals surface area (Å²) in [6, 6.07) is 12.8. The summed E-state index contributed by atoms with van der Waals surface area (Å²) < 4.78 is 0. The van der Waals surface area contributed by atoms with Crippen LogP contribution in [0.3, 0.4) is 0 Å². The summed E-state index contributed by atoms with van der Waals surface area (Å²) in [5.74, 6) is 0.00580. The number of aryl methyl sites for hydroxylation is 1. The Morgan fingerprint density at radius 3 is 2.23 bits per heavy atom. The number of nitrogens with zero attached hydrogens (tertiary/aromatic N) is 1. The molecule has 0 heterocycles. The number of anilines is 1. The van der Waals surface area contributed by atoms with Gasteiger partial charge in [0.05, 0.1) is 16.5 Å². The van der Waals surface area contributed by atoms with Gasteiger partial charge in [-0.2, -0.15) is 0 Å². The number of benzene rings is 2. The highest BCUT2D eigenvalue weighted by Gasteiger charge is 2.07. The van der Waals surface area contributed by atoms with Gasteiger partial charge in [-0.15, -0.1) is 0 Å². The van der Waals surface area contributed by atoms with Crippen LogP contribution in [-0.4, -0.2) is 30.8 Å². The third kappa shape index (κ3) is 6.36. The summed E-state index contributed by atoms with van der Waals surface area (Å²) in [5.41, 5.74) is 2.70. The van der Waals surface area contributed by atoms with E-state index in [2.05, 4.69) is 5.32 Å². The molecule has 26 heavy (non-hydrogen) atoms. The van der Waals surface area contributed by atoms with Crippen LogP contribution in [0.25, 0.3) is 0 Å². The number of carbonyl (C=O) groups is 2. The van der Waals surface area contributed by atoms with Crippen LogP contribution in [0.1, 0.15) is 24.0 Å². The maximum Gasteiger partial charge on any atom is 0.226 e. The fourth-order valence-electron chi connectivity index (χ4n) is 2.41. The molecule has 0 saturated heterocycles. The van der Waals surface area contributed by atoms with Crippen LogP contribution in [0.15, 0.2) is 42.5 Å². The highest BCUT2D eigenvalue weighted by atomic mass is 35.5. The molecule has 0 aliphatic carbocycles. The Hall–Kier alpha value is -2.04. The maximum atomic E-state index is 12.1. The SMILES string of the molecule is CN(C)C(=O)Cc1ccc(NC(=O)CCCc2ccc(Cl)c(Cl)c2)cc1. The van der Waals surface area contributed by atoms with Gasteiger partial charge in [0.2, 0.25) is 11.8 Å². The topological polar surface area (TPSA) is 49.4 Å². The van der Waals surface area contributed by atoms with Crippen LogP contribution in [0.5, 0.6) is 0 Å². The monoisotopic (exact) mass is 392 g/mol. The highest BCUT2D eigenvalue weighted by Crippen LogP contribution is 2.23. The Morgan fingerprint density at radius 2 is 1.62 bits per heavy atom. The summed E-state index contributed by atoms with van der Waals surface area (Å²) in [6.07, 6.45) is 2.25. The molecule has 0 aliphatic heterocycles. The third-order valence-corrected chi connectivity index (χ3v) is 4.68. The summed E-state index contributed by atoms with van der Waals surface area (Å²) in [4.78, 5) is 25.3. The molecule has 0 radical (unpaired) electrons. The van der Waals surface area contributed by atoms with E-state index in [1.807, 2.05) is 36.4 Å². The van der Waals surface area contributed by atoms with E-state index in [9.17, 15) is 9.59 Å². The van der Waals surface area contributed by atoms with Crippen LogP contribution in [0.2, 0.25) is 10.0 Å². The zero-order valence-corrected chi connectivity index (χ0v) is 16.4. The second-order valence-corrected chi connectivity index (χ2v) is 7.13. The fraction of sp³-hybridized carbons (Fsp3) is 0.300. The minimum absolute atomic E-state index is 0.0396. The van der Waals surface area contributed by atoms with Gasteiger partial charge in [-0.05, 0) is 48.2 Å². The van der Waals surface area contributed by atoms with Crippen molar-refractivity contribution < 1.29 is 9.59 Å². The van der Waals surface area contributed by atoms with Crippen LogP contribution in [-0.2, 0) is 22.4 Å². The molecule has 2 rings (SSSR count). The summed E-state index contributed by atoms with van der Waals surface area (Å²) in [5, 5.41) is 3.93. The standard InChI is InChI=1S/C20H22Cl2N2O2/c1-24(2)20(26)13-15-6-9-16(10-7-15)23-19(25)5-3-4-14-8-11-17(21)18(22)12-14/h6-12H,3-5,13H2,1-2H3,(H,23,25). The summed E-state index contributed by atoms with van der Waals surface area (Å²) in [6.45, 7) is 0. The van der Waals surface area contributed by atoms with Gasteiger partial charge in [-0.3, -0.25) is 9.59 Å². The average molecular weight is 393 g/mol. The molecule has 4 nitrogen and oxygen atoms in total. The number of nitrogens with one attached hydrogen (secondary N) is 1. The van der Waals surface area contributed by atoms with Crippen molar-refractivity contribution in [1.82, 2.24) is 4.90 Å². The number of halogens is 2. The van der Waals surface area contributed by atoms with Gasteiger partial charge in [0, 0.05) is 26.2 Å². The summed E-state index contributed by atoms with van der Waals surface area (Å²) >= 11 is 11.9. The van der Waals surface area contributed by atoms with Crippen molar-refractivity contribution in [3.8, 4) is 0 Å². The van der Waals surface area contributed by atoms with Gasteiger partial charge < -0.3 is 10.2 Å². The minimum Gasteiger partial charge on any atom is -0.349 e. The van der Waals surface area contributed by atoms with E-state index in [1.54, 1.807) is 25.1 Å². The smallest absolute Gasteiger partial charge is 0.226 e. The van der Waals surface area contributed by atoms with Crippen molar-refractivity contribution in [2.45, 2.75) is 25.7 Å². The lowest BCUT2D eigenvalue weighted by Gasteiger charge is -2.10. The molecule has 2 amide bonds. The first-order valence-electron chi connectivity index (χ1n) is 8.38. The first kappa shape index (κ1) is 20.3. The molecule has 0 fully saturated rings. The zero-order chi connectivity index (χ0) is 19.1. The van der Waals surface area contributed by atoms with Gasteiger partial charge in [0.1, 0.15) is 0 Å². The molecule has 0 aliphatic rings. The molecule has 0 aromatic heterocycles. The number of hydrogen-bond acceptors (Lipinski definition) is 2. The van der Waals surface area contributed by atoms with Crippen LogP contribution >= 0.6 is 23.2 Å². The molecule has 6 heteroatoms. The largest absolute Gasteiger partial charge is 0.349 e. The lowest BCUT2D eigenvalue weighted by molar-refractivity contribution is -0.128. The zero-order valence-electron chi connectivity index (χ0n) is 14.9. The van der Waals surface area contributed by atoms with E-state index in [-0.39, 0.29) is 11.8 Å². The average Bonchev–Trinajstić information content (AvgIpc) is 2.59. The van der Waals surface area contributed by atoms with Gasteiger partial charge in [0.25, 0.3) is 0 Å². The number of amides is 2. The Morgan fingerprint density at radius 1 is 0.962 bits per heavy atom. The molecular formula is C20H22Cl2N2O2. The lowest BCUT2D eigenvalue weighted by atomic mass is 10.1. The molecular weight excluding hydrogens is 371 g/mol. The minimum atomic E-state index is -0.0396. The van der Waals surface area contributed by atoms with Gasteiger partial charge in [-0.25, -0.2) is 0 Å². The van der Waals surface area contributed by atoms with E-state index in [1.165, 1.54) is 0 Å². The molecule has 1 N–H and O–H groups in total. The number of hydrogen-bond donors (Lipinski definition) is 1. The molecule has 0 spiro atoms. The van der Waals surface area contributed by atoms with Crippen molar-refractivity contribution >= 4 is 40.7 Å². The van der Waals surface area contributed by atoms with Gasteiger partial charge >= 0.3 is 0 Å². The Labute approximate surface area is 164 Å². The molecule has 0 atom stereocenters. The van der Waals surface area contributed by atoms with Gasteiger partial charge in [-0.1, -0.05) is 41.4 Å². The fourth-order valence-corrected chi connectivity index (χ4v) is 2.73. The molecule has 138 valence electrons. The summed E-state index contributed by atoms with van der Waals surface area (Å²) in [7, 11) is 3.46. The molecule has 0 bridgehead atoms. The molecule has 0 saturated carbocycles. The molecule has 2 aromatic carbocycles. The van der Waals surface area contributed by atoms with E-state index >= 15 is 0 Å². The second-order valence-electron chi connectivity index (χ2n) is 6.31. The normalized spacial score (nSPS) is 10.5. The van der Waals surface area contributed by atoms with Crippen molar-refractivity contribution in [2.24, 2.45) is 0 Å². The Bertz CT molecular complexity index is 774. The van der Waals surface area contributed by atoms with Crippen LogP contribution in [0.4, 0.5) is 5.69 Å². The Kier molecular flexibility index (Phi) is 7.49. The first-order valence-corrected chi connectivity index (χ1v) is 9.13. The Balaban J connectivity index is 1.78. The van der Waals surface area contributed by atoms with E-state index in [4.69, 9.17) is 23.2 Å². The van der Waals surface area contributed by atoms with E-state index in [0.29, 0.717) is 22.9 Å². The third-order valence-electron chi connectivity index (χ3n) is 3.95. The quantitative estimate of drug-likeness (QED) is 0.748.